The van der Waals surface area contributed by atoms with Gasteiger partial charge in [-0.15, -0.1) is 11.5 Å². The van der Waals surface area contributed by atoms with E-state index >= 15 is 0 Å². The summed E-state index contributed by atoms with van der Waals surface area (Å²) in [5.41, 5.74) is 13.9. The van der Waals surface area contributed by atoms with Gasteiger partial charge in [0.25, 0.3) is 0 Å². The summed E-state index contributed by atoms with van der Waals surface area (Å²) in [6.07, 6.45) is 3.45. The molecular weight excluding hydrogens is 314 g/mol. The van der Waals surface area contributed by atoms with Crippen LogP contribution < -0.4 is 69.8 Å². The van der Waals surface area contributed by atoms with Crippen LogP contribution in [0.1, 0.15) is 11.1 Å². The van der Waals surface area contributed by atoms with Gasteiger partial charge in [-0.25, -0.2) is 0 Å². The average molecular weight is 330 g/mol. The van der Waals surface area contributed by atoms with Gasteiger partial charge in [0.15, 0.2) is 0 Å². The zero-order chi connectivity index (χ0) is 17.1. The molecular formula is C20H16Li2N2O2. The Morgan fingerprint density at radius 2 is 1.15 bits per heavy atom. The third kappa shape index (κ3) is 4.70. The van der Waals surface area contributed by atoms with Crippen molar-refractivity contribution in [3.63, 3.8) is 0 Å². The van der Waals surface area contributed by atoms with Crippen LogP contribution in [0.15, 0.2) is 60.7 Å². The van der Waals surface area contributed by atoms with Crippen LogP contribution >= 0.6 is 0 Å². The Kier molecular flexibility index (Phi) is 7.96. The number of para-hydroxylation sites is 2. The van der Waals surface area contributed by atoms with Gasteiger partial charge in [0, 0.05) is 5.22 Å². The molecule has 0 saturated carbocycles. The van der Waals surface area contributed by atoms with Crippen LogP contribution in [0.2, 0.25) is 0 Å². The predicted octanol–water partition coefficient (Wildman–Crippen LogP) is -5.34. The topological polar surface area (TPSA) is 98.2 Å². The molecule has 3 aromatic rings. The molecule has 3 aromatic carbocycles. The third-order valence-corrected chi connectivity index (χ3v) is 3.80. The van der Waals surface area contributed by atoms with E-state index in [1.165, 1.54) is 12.1 Å². The minimum Gasteiger partial charge on any atom is -0.872 e. The van der Waals surface area contributed by atoms with Gasteiger partial charge in [-0.3, -0.25) is 0 Å². The van der Waals surface area contributed by atoms with Crippen molar-refractivity contribution in [2.45, 2.75) is 0 Å². The molecule has 0 aliphatic carbocycles. The molecule has 0 radical (unpaired) electrons. The second-order valence-electron chi connectivity index (χ2n) is 5.44. The van der Waals surface area contributed by atoms with E-state index in [1.807, 2.05) is 0 Å². The molecule has 3 rings (SSSR count). The molecule has 0 aliphatic rings. The molecule has 0 aliphatic heterocycles. The van der Waals surface area contributed by atoms with Gasteiger partial charge in [-0.05, 0) is 34.6 Å². The number of anilines is 2. The number of nitrogen functional groups attached to an aromatic ring is 2. The monoisotopic (exact) mass is 330 g/mol. The van der Waals surface area contributed by atoms with Crippen LogP contribution in [0.25, 0.3) is 12.2 Å². The second kappa shape index (κ2) is 9.48. The van der Waals surface area contributed by atoms with Crippen molar-refractivity contribution in [1.29, 1.82) is 0 Å². The van der Waals surface area contributed by atoms with Crippen LogP contribution in [0.3, 0.4) is 0 Å². The number of rotatable bonds is 2. The molecule has 26 heavy (non-hydrogen) atoms. The maximum Gasteiger partial charge on any atom is 1.00 e. The zero-order valence-electron chi connectivity index (χ0n) is 14.9. The Bertz CT molecular complexity index is 1020. The molecule has 0 amide bonds. The summed E-state index contributed by atoms with van der Waals surface area (Å²) in [6, 6.07) is 16.9. The smallest absolute Gasteiger partial charge is 0.872 e. The SMILES string of the molecule is Nc1ccc(=Cc2ccccc2[O-])c(=Cc2ccccc2[O-])c1N.[Li+].[Li+]. The fourth-order valence-electron chi connectivity index (χ4n) is 2.48. The maximum atomic E-state index is 12.0. The van der Waals surface area contributed by atoms with E-state index in [-0.39, 0.29) is 49.2 Å². The third-order valence-electron chi connectivity index (χ3n) is 3.80. The average Bonchev–Trinajstić information content (AvgIpc) is 2.58. The normalized spacial score (nSPS) is 11.5. The maximum absolute atomic E-state index is 12.0. The molecule has 0 unspecified atom stereocenters. The van der Waals surface area contributed by atoms with E-state index in [9.17, 15) is 10.2 Å². The summed E-state index contributed by atoms with van der Waals surface area (Å²) in [6.45, 7) is 0. The molecule has 0 saturated heterocycles. The van der Waals surface area contributed by atoms with Crippen LogP contribution in [-0.4, -0.2) is 0 Å². The van der Waals surface area contributed by atoms with Gasteiger partial charge in [-0.1, -0.05) is 54.6 Å². The first-order valence-electron chi connectivity index (χ1n) is 7.46. The van der Waals surface area contributed by atoms with Gasteiger partial charge in [0.2, 0.25) is 0 Å². The van der Waals surface area contributed by atoms with E-state index < -0.39 is 0 Å². The fraction of sp³-hybridized carbons (Fsp3) is 0. The largest absolute Gasteiger partial charge is 1.00 e. The quantitative estimate of drug-likeness (QED) is 0.362. The van der Waals surface area contributed by atoms with Crippen molar-refractivity contribution in [2.75, 3.05) is 11.5 Å². The number of nitrogens with two attached hydrogens (primary N) is 2. The van der Waals surface area contributed by atoms with Crippen LogP contribution in [-0.2, 0) is 0 Å². The molecule has 4 N–H and O–H groups in total. The second-order valence-corrected chi connectivity index (χ2v) is 5.44. The molecule has 0 fully saturated rings. The summed E-state index contributed by atoms with van der Waals surface area (Å²) < 4.78 is 0. The van der Waals surface area contributed by atoms with E-state index in [0.29, 0.717) is 27.7 Å². The van der Waals surface area contributed by atoms with E-state index in [2.05, 4.69) is 0 Å². The summed E-state index contributed by atoms with van der Waals surface area (Å²) in [4.78, 5) is 0. The van der Waals surface area contributed by atoms with Gasteiger partial charge < -0.3 is 21.7 Å². The number of benzene rings is 3. The summed E-state index contributed by atoms with van der Waals surface area (Å²) in [5, 5.41) is 25.3. The van der Waals surface area contributed by atoms with Crippen molar-refractivity contribution in [3.8, 4) is 11.5 Å². The van der Waals surface area contributed by atoms with Crippen molar-refractivity contribution in [3.05, 3.63) is 82.2 Å². The zero-order valence-corrected chi connectivity index (χ0v) is 14.9. The molecule has 0 aromatic heterocycles. The first kappa shape index (κ1) is 21.8. The van der Waals surface area contributed by atoms with Gasteiger partial charge in [0.05, 0.1) is 11.4 Å². The Labute approximate surface area is 176 Å². The van der Waals surface area contributed by atoms with Crippen molar-refractivity contribution in [1.82, 2.24) is 0 Å². The Morgan fingerprint density at radius 3 is 1.69 bits per heavy atom. The van der Waals surface area contributed by atoms with Gasteiger partial charge in [-0.2, -0.15) is 0 Å². The molecule has 0 bridgehead atoms. The molecule has 120 valence electrons. The van der Waals surface area contributed by atoms with Crippen LogP contribution in [0.4, 0.5) is 11.4 Å². The number of hydrogen-bond donors (Lipinski definition) is 2. The molecule has 0 atom stereocenters. The van der Waals surface area contributed by atoms with Crippen LogP contribution in [0.5, 0.6) is 11.5 Å². The Balaban J connectivity index is 0.00000169. The summed E-state index contributed by atoms with van der Waals surface area (Å²) >= 11 is 0. The molecule has 0 spiro atoms. The first-order valence-corrected chi connectivity index (χ1v) is 7.46. The molecule has 6 heteroatoms. The van der Waals surface area contributed by atoms with Gasteiger partial charge in [0.1, 0.15) is 0 Å². The fourth-order valence-corrected chi connectivity index (χ4v) is 2.48. The minimum atomic E-state index is -0.102. The van der Waals surface area contributed by atoms with E-state index in [1.54, 1.807) is 60.7 Å². The minimum absolute atomic E-state index is 0. The molecule has 0 heterocycles. The van der Waals surface area contributed by atoms with Crippen molar-refractivity contribution < 1.29 is 47.9 Å². The van der Waals surface area contributed by atoms with Gasteiger partial charge >= 0.3 is 37.7 Å². The summed E-state index contributed by atoms with van der Waals surface area (Å²) in [5.74, 6) is -0.183. The Hall–Kier alpha value is -2.21. The van der Waals surface area contributed by atoms with Crippen molar-refractivity contribution in [2.24, 2.45) is 0 Å². The first-order chi connectivity index (χ1) is 11.6. The van der Waals surface area contributed by atoms with E-state index in [4.69, 9.17) is 11.5 Å². The van der Waals surface area contributed by atoms with Crippen molar-refractivity contribution >= 4 is 23.5 Å². The van der Waals surface area contributed by atoms with E-state index in [0.717, 1.165) is 5.22 Å². The Morgan fingerprint density at radius 1 is 0.654 bits per heavy atom. The molecule has 4 nitrogen and oxygen atoms in total. The number of hydrogen-bond acceptors (Lipinski definition) is 4. The predicted molar refractivity (Wildman–Crippen MR) is 93.4 cm³/mol. The standard InChI is InChI=1S/C20H18N2O2.2Li/c21-17-10-9-13(11-14-5-1-3-7-18(14)23)16(20(17)22)12-15-6-2-4-8-19(15)24;;/h1-12,23-24H,21-22H2;;/q;2*+1/p-2. The van der Waals surface area contributed by atoms with Crippen LogP contribution in [0, 0.1) is 0 Å². The summed E-state index contributed by atoms with van der Waals surface area (Å²) in [7, 11) is 0.